The van der Waals surface area contributed by atoms with Crippen LogP contribution >= 0.6 is 0 Å². The second-order valence-electron chi connectivity index (χ2n) is 9.16. The fourth-order valence-electron chi connectivity index (χ4n) is 4.47. The van der Waals surface area contributed by atoms with Crippen molar-refractivity contribution in [1.82, 2.24) is 15.0 Å². The van der Waals surface area contributed by atoms with E-state index in [0.29, 0.717) is 38.0 Å². The summed E-state index contributed by atoms with van der Waals surface area (Å²) in [5.41, 5.74) is 3.29. The number of alkyl halides is 2. The highest BCUT2D eigenvalue weighted by atomic mass is 19.3. The zero-order chi connectivity index (χ0) is 26.5. The average molecular weight is 526 g/mol. The largest absolute Gasteiger partial charge is 0.473 e. The molecule has 1 amide bonds. The number of carbonyl (C=O) groups excluding carboxylic acids is 1. The van der Waals surface area contributed by atoms with Gasteiger partial charge in [-0.1, -0.05) is 0 Å². The molecule has 0 spiro atoms. The van der Waals surface area contributed by atoms with Crippen molar-refractivity contribution in [3.05, 3.63) is 59.8 Å². The summed E-state index contributed by atoms with van der Waals surface area (Å²) in [4.78, 5) is 27.7. The van der Waals surface area contributed by atoms with Gasteiger partial charge in [-0.2, -0.15) is 0 Å². The molecule has 0 unspecified atom stereocenters. The van der Waals surface area contributed by atoms with Gasteiger partial charge in [-0.25, -0.2) is 13.8 Å². The predicted molar refractivity (Wildman–Crippen MR) is 137 cm³/mol. The number of aromatic nitrogens is 3. The zero-order valence-electron chi connectivity index (χ0n) is 21.0. The molecule has 3 aromatic rings. The van der Waals surface area contributed by atoms with Crippen LogP contribution in [-0.2, 0) is 9.47 Å². The number of aryl methyl sites for hydroxylation is 1. The molecule has 0 bridgehead atoms. The summed E-state index contributed by atoms with van der Waals surface area (Å²) in [6, 6.07) is 6.30. The van der Waals surface area contributed by atoms with Gasteiger partial charge in [0.2, 0.25) is 5.88 Å². The van der Waals surface area contributed by atoms with Crippen LogP contribution in [0.15, 0.2) is 42.9 Å². The van der Waals surface area contributed by atoms with Crippen molar-refractivity contribution in [2.75, 3.05) is 49.7 Å². The van der Waals surface area contributed by atoms with Crippen molar-refractivity contribution >= 4 is 17.3 Å². The summed E-state index contributed by atoms with van der Waals surface area (Å²) in [6.07, 6.45) is 3.37. The Morgan fingerprint density at radius 1 is 1.05 bits per heavy atom. The van der Waals surface area contributed by atoms with Gasteiger partial charge in [0.1, 0.15) is 17.5 Å². The fraction of sp³-hybridized carbons (Fsp3) is 0.407. The Labute approximate surface area is 219 Å². The molecule has 3 aromatic heterocycles. The molecule has 0 aliphatic carbocycles. The summed E-state index contributed by atoms with van der Waals surface area (Å²) in [5.74, 6) is 0.0448. The second kappa shape index (κ2) is 11.8. The van der Waals surface area contributed by atoms with Crippen molar-refractivity contribution in [3.63, 3.8) is 0 Å². The van der Waals surface area contributed by atoms with Gasteiger partial charge in [0.15, 0.2) is 0 Å². The molecule has 0 saturated carbocycles. The first kappa shape index (κ1) is 25.9. The number of pyridine rings is 3. The number of hydrogen-bond acceptors (Lipinski definition) is 8. The monoisotopic (exact) mass is 525 g/mol. The molecule has 38 heavy (non-hydrogen) atoms. The van der Waals surface area contributed by atoms with E-state index in [0.717, 1.165) is 54.5 Å². The van der Waals surface area contributed by atoms with E-state index in [1.165, 1.54) is 18.5 Å². The quantitative estimate of drug-likeness (QED) is 0.484. The topological polar surface area (TPSA) is 98.7 Å². The number of amides is 1. The highest BCUT2D eigenvalue weighted by Crippen LogP contribution is 2.35. The van der Waals surface area contributed by atoms with Gasteiger partial charge in [-0.05, 0) is 31.2 Å². The average Bonchev–Trinajstić information content (AvgIpc) is 2.95. The number of ether oxygens (including phenoxy) is 3. The van der Waals surface area contributed by atoms with Crippen molar-refractivity contribution in [2.45, 2.75) is 32.3 Å². The first-order chi connectivity index (χ1) is 18.5. The Morgan fingerprint density at radius 3 is 2.58 bits per heavy atom. The zero-order valence-corrected chi connectivity index (χ0v) is 21.0. The highest BCUT2D eigenvalue weighted by molar-refractivity contribution is 6.04. The molecule has 2 aliphatic heterocycles. The molecule has 11 heteroatoms. The number of nitrogens with one attached hydrogen (secondary N) is 1. The van der Waals surface area contributed by atoms with Crippen LogP contribution in [-0.4, -0.2) is 66.5 Å². The number of carbonyl (C=O) groups is 1. The predicted octanol–water partition coefficient (Wildman–Crippen LogP) is 4.43. The van der Waals surface area contributed by atoms with E-state index in [1.54, 1.807) is 12.3 Å². The second-order valence-corrected chi connectivity index (χ2v) is 9.16. The van der Waals surface area contributed by atoms with E-state index < -0.39 is 18.0 Å². The Kier molecular flexibility index (Phi) is 8.04. The molecule has 5 heterocycles. The molecule has 2 aliphatic rings. The molecule has 0 radical (unpaired) electrons. The van der Waals surface area contributed by atoms with Crippen LogP contribution in [0, 0.1) is 6.92 Å². The molecular weight excluding hydrogens is 496 g/mol. The van der Waals surface area contributed by atoms with Crippen molar-refractivity contribution in [1.29, 1.82) is 0 Å². The molecule has 0 aromatic carbocycles. The van der Waals surface area contributed by atoms with Crippen LogP contribution in [0.3, 0.4) is 0 Å². The van der Waals surface area contributed by atoms with Gasteiger partial charge in [-0.15, -0.1) is 0 Å². The summed E-state index contributed by atoms with van der Waals surface area (Å²) in [6.45, 7) is 5.88. The van der Waals surface area contributed by atoms with Crippen LogP contribution in [0.25, 0.3) is 11.1 Å². The third-order valence-corrected chi connectivity index (χ3v) is 6.55. The molecule has 200 valence electrons. The van der Waals surface area contributed by atoms with E-state index in [-0.39, 0.29) is 11.7 Å². The third kappa shape index (κ3) is 6.05. The van der Waals surface area contributed by atoms with Crippen LogP contribution in [0.4, 0.5) is 20.2 Å². The minimum absolute atomic E-state index is 0.0441. The molecule has 1 N–H and O–H groups in total. The molecular formula is C27H29F2N5O4. The Balaban J connectivity index is 1.42. The summed E-state index contributed by atoms with van der Waals surface area (Å²) < 4.78 is 43.3. The van der Waals surface area contributed by atoms with Crippen LogP contribution in [0.1, 0.15) is 41.0 Å². The lowest BCUT2D eigenvalue weighted by Gasteiger charge is -2.31. The number of hydrogen-bond donors (Lipinski definition) is 1. The van der Waals surface area contributed by atoms with Gasteiger partial charge in [-0.3, -0.25) is 14.8 Å². The molecule has 2 saturated heterocycles. The summed E-state index contributed by atoms with van der Waals surface area (Å²) in [5, 5.41) is 2.75. The Bertz CT molecular complexity index is 1280. The van der Waals surface area contributed by atoms with E-state index in [2.05, 4.69) is 20.2 Å². The van der Waals surface area contributed by atoms with Gasteiger partial charge in [0.25, 0.3) is 12.3 Å². The number of morpholine rings is 1. The first-order valence-corrected chi connectivity index (χ1v) is 12.6. The highest BCUT2D eigenvalue weighted by Gasteiger charge is 2.23. The third-order valence-electron chi connectivity index (χ3n) is 6.55. The lowest BCUT2D eigenvalue weighted by molar-refractivity contribution is 0.0238. The van der Waals surface area contributed by atoms with Gasteiger partial charge >= 0.3 is 0 Å². The van der Waals surface area contributed by atoms with Gasteiger partial charge < -0.3 is 24.4 Å². The number of nitrogens with zero attached hydrogens (tertiary/aromatic N) is 4. The van der Waals surface area contributed by atoms with Crippen molar-refractivity contribution in [3.8, 4) is 17.0 Å². The number of anilines is 2. The summed E-state index contributed by atoms with van der Waals surface area (Å²) >= 11 is 0. The maximum absolute atomic E-state index is 13.0. The van der Waals surface area contributed by atoms with Crippen LogP contribution in [0.2, 0.25) is 0 Å². The number of rotatable bonds is 7. The lowest BCUT2D eigenvalue weighted by atomic mass is 10.0. The maximum Gasteiger partial charge on any atom is 0.280 e. The van der Waals surface area contributed by atoms with E-state index >= 15 is 0 Å². The Hall–Kier alpha value is -3.70. The standard InChI is InChI=1S/C27H29F2N5O4/c1-17-22(14-20(16-31-17)33-26(35)18-2-5-30-23(12-18)25(28)29)19-13-24(34-6-10-37-11-7-34)27(32-15-19)38-21-3-8-36-9-4-21/h2,5,12-16,21,25H,3-4,6-11H2,1H3,(H,33,35). The molecule has 9 nitrogen and oxygen atoms in total. The first-order valence-electron chi connectivity index (χ1n) is 12.6. The van der Waals surface area contributed by atoms with E-state index in [4.69, 9.17) is 19.2 Å². The Morgan fingerprint density at radius 2 is 1.82 bits per heavy atom. The normalized spacial score (nSPS) is 16.5. The van der Waals surface area contributed by atoms with Gasteiger partial charge in [0.05, 0.1) is 38.3 Å². The van der Waals surface area contributed by atoms with Crippen molar-refractivity contribution < 1.29 is 27.8 Å². The van der Waals surface area contributed by atoms with E-state index in [1.807, 2.05) is 13.0 Å². The molecule has 2 fully saturated rings. The van der Waals surface area contributed by atoms with Crippen LogP contribution < -0.4 is 15.0 Å². The van der Waals surface area contributed by atoms with E-state index in [9.17, 15) is 13.6 Å². The summed E-state index contributed by atoms with van der Waals surface area (Å²) in [7, 11) is 0. The molecule has 0 atom stereocenters. The molecule has 5 rings (SSSR count). The lowest BCUT2D eigenvalue weighted by Crippen LogP contribution is -2.37. The minimum Gasteiger partial charge on any atom is -0.473 e. The smallest absolute Gasteiger partial charge is 0.280 e. The SMILES string of the molecule is Cc1ncc(NC(=O)c2ccnc(C(F)F)c2)cc1-c1cnc(OC2CCOCC2)c(N2CCOCC2)c1. The van der Waals surface area contributed by atoms with Gasteiger partial charge in [0, 0.05) is 60.7 Å². The number of halogens is 2. The van der Waals surface area contributed by atoms with Crippen LogP contribution in [0.5, 0.6) is 5.88 Å². The maximum atomic E-state index is 13.0. The van der Waals surface area contributed by atoms with Crippen molar-refractivity contribution in [2.24, 2.45) is 0 Å². The fourth-order valence-corrected chi connectivity index (χ4v) is 4.47. The minimum atomic E-state index is -2.76.